The van der Waals surface area contributed by atoms with Crippen LogP contribution in [0.1, 0.15) is 25.7 Å². The Balaban J connectivity index is 1.80. The fourth-order valence-corrected chi connectivity index (χ4v) is 4.34. The predicted molar refractivity (Wildman–Crippen MR) is 130 cm³/mol. The van der Waals surface area contributed by atoms with Crippen LogP contribution in [-0.2, 0) is 22.6 Å². The van der Waals surface area contributed by atoms with Crippen molar-refractivity contribution in [3.63, 3.8) is 0 Å². The van der Waals surface area contributed by atoms with Crippen LogP contribution in [0, 0.1) is 12.7 Å². The summed E-state index contributed by atoms with van der Waals surface area (Å²) in [6.45, 7) is 3.21. The van der Waals surface area contributed by atoms with Gasteiger partial charge in [-0.2, -0.15) is 0 Å². The molecule has 2 amide bonds. The molecule has 0 aliphatic rings. The Morgan fingerprint density at radius 2 is 1.62 bits per heavy atom. The first-order valence-electron chi connectivity index (χ1n) is 10.9. The molecule has 180 valence electrons. The van der Waals surface area contributed by atoms with Crippen molar-refractivity contribution in [1.82, 2.24) is 9.80 Å². The molecule has 0 unspecified atom stereocenters. The molecule has 0 fully saturated rings. The predicted octanol–water partition coefficient (Wildman–Crippen LogP) is 4.52. The lowest BCUT2D eigenvalue weighted by Crippen LogP contribution is -2.43. The molecule has 3 rings (SSSR count). The molecule has 1 heterocycles. The van der Waals surface area contributed by atoms with Gasteiger partial charge in [0.05, 0.1) is 20.3 Å². The summed E-state index contributed by atoms with van der Waals surface area (Å²) >= 11 is 1.62. The molecule has 3 aromatic rings. The summed E-state index contributed by atoms with van der Waals surface area (Å²) in [6, 6.07) is 16.9. The van der Waals surface area contributed by atoms with E-state index in [1.165, 1.54) is 17.0 Å². The van der Waals surface area contributed by atoms with Crippen LogP contribution in [0.15, 0.2) is 60.7 Å². The van der Waals surface area contributed by atoms with Crippen LogP contribution in [0.2, 0.25) is 0 Å². The van der Waals surface area contributed by atoms with E-state index in [1.54, 1.807) is 66.9 Å². The minimum absolute atomic E-state index is 0.0974. The zero-order valence-electron chi connectivity index (χ0n) is 19.6. The molecule has 0 N–H and O–H groups in total. The lowest BCUT2D eigenvalue weighted by molar-refractivity contribution is -0.133. The van der Waals surface area contributed by atoms with E-state index in [0.717, 1.165) is 15.3 Å². The minimum atomic E-state index is -0.327. The van der Waals surface area contributed by atoms with Crippen LogP contribution >= 0.6 is 11.3 Å². The number of rotatable bonds is 11. The number of nitrogens with zero attached hydrogens (tertiary/aromatic N) is 2. The van der Waals surface area contributed by atoms with Gasteiger partial charge in [-0.05, 0) is 61.0 Å². The summed E-state index contributed by atoms with van der Waals surface area (Å²) in [7, 11) is 3.11. The van der Waals surface area contributed by atoms with Crippen molar-refractivity contribution in [2.45, 2.75) is 20.0 Å². The second-order valence-corrected chi connectivity index (χ2v) is 9.21. The van der Waals surface area contributed by atoms with Crippen molar-refractivity contribution >= 4 is 23.2 Å². The van der Waals surface area contributed by atoms with E-state index in [1.807, 2.05) is 19.1 Å². The molecule has 6 nitrogen and oxygen atoms in total. The Morgan fingerprint density at radius 1 is 0.912 bits per heavy atom. The van der Waals surface area contributed by atoms with Gasteiger partial charge < -0.3 is 19.3 Å². The SMILES string of the molecule is COCCN(CC(=O)N(Cc1ccc(F)cc1)Cc1ccc(C)s1)C(=O)c1ccc(OC)cc1. The van der Waals surface area contributed by atoms with E-state index >= 15 is 0 Å². The average molecular weight is 485 g/mol. The number of halogens is 1. The van der Waals surface area contributed by atoms with Crippen molar-refractivity contribution in [3.05, 3.63) is 87.4 Å². The molecule has 0 bridgehead atoms. The van der Waals surface area contributed by atoms with Crippen LogP contribution in [0.5, 0.6) is 5.75 Å². The van der Waals surface area contributed by atoms with Crippen molar-refractivity contribution in [2.75, 3.05) is 33.9 Å². The van der Waals surface area contributed by atoms with Crippen molar-refractivity contribution < 1.29 is 23.5 Å². The molecule has 1 aromatic heterocycles. The molecule has 0 aliphatic carbocycles. The molecule has 0 spiro atoms. The van der Waals surface area contributed by atoms with E-state index in [0.29, 0.717) is 31.0 Å². The maximum absolute atomic E-state index is 13.4. The molecular weight excluding hydrogens is 455 g/mol. The second-order valence-electron chi connectivity index (χ2n) is 7.84. The van der Waals surface area contributed by atoms with Gasteiger partial charge in [0.15, 0.2) is 0 Å². The first kappa shape index (κ1) is 25.4. The Hall–Kier alpha value is -3.23. The van der Waals surface area contributed by atoms with E-state index in [2.05, 4.69) is 0 Å². The van der Waals surface area contributed by atoms with Gasteiger partial charge >= 0.3 is 0 Å². The Bertz CT molecular complexity index is 1080. The van der Waals surface area contributed by atoms with Crippen molar-refractivity contribution in [3.8, 4) is 5.75 Å². The monoisotopic (exact) mass is 484 g/mol. The molecule has 0 aliphatic heterocycles. The van der Waals surface area contributed by atoms with Gasteiger partial charge in [0.25, 0.3) is 5.91 Å². The summed E-state index contributed by atoms with van der Waals surface area (Å²) in [5.74, 6) is -0.144. The lowest BCUT2D eigenvalue weighted by Gasteiger charge is -2.27. The molecule has 0 radical (unpaired) electrons. The van der Waals surface area contributed by atoms with Gasteiger partial charge in [0, 0.05) is 35.5 Å². The number of amides is 2. The standard InChI is InChI=1S/C26H29FN2O4S/c1-19-4-13-24(34-19)17-29(16-20-5-9-22(27)10-6-20)25(30)18-28(14-15-32-2)26(31)21-7-11-23(33-3)12-8-21/h4-13H,14-18H2,1-3H3. The third kappa shape index (κ3) is 7.13. The first-order valence-corrected chi connectivity index (χ1v) is 11.7. The molecular formula is C26H29FN2O4S. The number of thiophene rings is 1. The largest absolute Gasteiger partial charge is 0.497 e. The normalized spacial score (nSPS) is 10.7. The zero-order valence-corrected chi connectivity index (χ0v) is 20.4. The van der Waals surface area contributed by atoms with Gasteiger partial charge in [0.1, 0.15) is 18.1 Å². The average Bonchev–Trinajstić information content (AvgIpc) is 3.26. The highest BCUT2D eigenvalue weighted by Gasteiger charge is 2.23. The highest BCUT2D eigenvalue weighted by molar-refractivity contribution is 7.11. The number of aryl methyl sites for hydroxylation is 1. The van der Waals surface area contributed by atoms with E-state index in [4.69, 9.17) is 9.47 Å². The van der Waals surface area contributed by atoms with Gasteiger partial charge in [0.2, 0.25) is 5.91 Å². The highest BCUT2D eigenvalue weighted by atomic mass is 32.1. The van der Waals surface area contributed by atoms with E-state index in [9.17, 15) is 14.0 Å². The summed E-state index contributed by atoms with van der Waals surface area (Å²) in [5, 5.41) is 0. The molecule has 34 heavy (non-hydrogen) atoms. The molecule has 0 saturated heterocycles. The van der Waals surface area contributed by atoms with Crippen LogP contribution in [0.25, 0.3) is 0 Å². The second kappa shape index (κ2) is 12.3. The quantitative estimate of drug-likeness (QED) is 0.402. The van der Waals surface area contributed by atoms with Crippen LogP contribution in [-0.4, -0.2) is 55.5 Å². The maximum Gasteiger partial charge on any atom is 0.254 e. The fourth-order valence-electron chi connectivity index (χ4n) is 3.43. The summed E-state index contributed by atoms with van der Waals surface area (Å²) in [5.41, 5.74) is 1.27. The Labute approximate surface area is 203 Å². The highest BCUT2D eigenvalue weighted by Crippen LogP contribution is 2.20. The topological polar surface area (TPSA) is 59.1 Å². The lowest BCUT2D eigenvalue weighted by atomic mass is 10.1. The van der Waals surface area contributed by atoms with Crippen molar-refractivity contribution in [1.29, 1.82) is 0 Å². The van der Waals surface area contributed by atoms with Gasteiger partial charge in [-0.15, -0.1) is 11.3 Å². The molecule has 0 atom stereocenters. The van der Waals surface area contributed by atoms with Gasteiger partial charge in [-0.25, -0.2) is 4.39 Å². The van der Waals surface area contributed by atoms with E-state index in [-0.39, 0.29) is 30.7 Å². The number of carbonyl (C=O) groups excluding carboxylic acids is 2. The van der Waals surface area contributed by atoms with Gasteiger partial charge in [-0.3, -0.25) is 9.59 Å². The summed E-state index contributed by atoms with van der Waals surface area (Å²) in [6.07, 6.45) is 0. The maximum atomic E-state index is 13.4. The third-order valence-corrected chi connectivity index (χ3v) is 6.28. The Morgan fingerprint density at radius 3 is 2.21 bits per heavy atom. The molecule has 2 aromatic carbocycles. The third-order valence-electron chi connectivity index (χ3n) is 5.30. The van der Waals surface area contributed by atoms with E-state index < -0.39 is 0 Å². The first-order chi connectivity index (χ1) is 16.4. The summed E-state index contributed by atoms with van der Waals surface area (Å²) in [4.78, 5) is 32.0. The van der Waals surface area contributed by atoms with Crippen LogP contribution < -0.4 is 4.74 Å². The smallest absolute Gasteiger partial charge is 0.254 e. The number of ether oxygens (including phenoxy) is 2. The number of methoxy groups -OCH3 is 2. The van der Waals surface area contributed by atoms with Crippen LogP contribution in [0.3, 0.4) is 0 Å². The number of benzene rings is 2. The summed E-state index contributed by atoms with van der Waals surface area (Å²) < 4.78 is 23.7. The van der Waals surface area contributed by atoms with Gasteiger partial charge in [-0.1, -0.05) is 12.1 Å². The minimum Gasteiger partial charge on any atom is -0.497 e. The number of carbonyl (C=O) groups is 2. The molecule has 0 saturated carbocycles. The molecule has 8 heteroatoms. The number of hydrogen-bond acceptors (Lipinski definition) is 5. The Kier molecular flexibility index (Phi) is 9.18. The van der Waals surface area contributed by atoms with Crippen molar-refractivity contribution in [2.24, 2.45) is 0 Å². The fraction of sp³-hybridized carbons (Fsp3) is 0.308. The number of hydrogen-bond donors (Lipinski definition) is 0. The van der Waals surface area contributed by atoms with Crippen LogP contribution in [0.4, 0.5) is 4.39 Å². The zero-order chi connectivity index (χ0) is 24.5.